The van der Waals surface area contributed by atoms with Gasteiger partial charge in [0.25, 0.3) is 0 Å². The van der Waals surface area contributed by atoms with Crippen molar-refractivity contribution < 1.29 is 9.84 Å². The molecule has 0 amide bonds. The molecule has 1 aliphatic rings. The SMILES string of the molecule is Nc1ccn(CC2(OCCO)C=CCC2)c(=O)n1. The predicted octanol–water partition coefficient (Wildman–Crippen LogP) is -0.0768. The molecule has 6 heteroatoms. The molecule has 1 aliphatic carbocycles. The van der Waals surface area contributed by atoms with Crippen molar-refractivity contribution in [3.8, 4) is 0 Å². The number of aliphatic hydroxyl groups excluding tert-OH is 1. The Labute approximate surface area is 105 Å². The number of nitrogen functional groups attached to an aromatic ring is 1. The number of aromatic nitrogens is 2. The maximum absolute atomic E-state index is 11.7. The molecule has 0 bridgehead atoms. The zero-order valence-corrected chi connectivity index (χ0v) is 10.1. The second kappa shape index (κ2) is 5.32. The summed E-state index contributed by atoms with van der Waals surface area (Å²) in [7, 11) is 0. The van der Waals surface area contributed by atoms with Crippen LogP contribution in [-0.4, -0.2) is 33.5 Å². The fourth-order valence-corrected chi connectivity index (χ4v) is 2.11. The summed E-state index contributed by atoms with van der Waals surface area (Å²) < 4.78 is 7.15. The molecule has 6 nitrogen and oxygen atoms in total. The van der Waals surface area contributed by atoms with E-state index in [0.29, 0.717) is 6.54 Å². The Morgan fingerprint density at radius 1 is 1.61 bits per heavy atom. The molecule has 98 valence electrons. The molecular weight excluding hydrogens is 234 g/mol. The first-order valence-corrected chi connectivity index (χ1v) is 5.91. The Morgan fingerprint density at radius 3 is 3.06 bits per heavy atom. The van der Waals surface area contributed by atoms with E-state index in [1.54, 1.807) is 12.3 Å². The van der Waals surface area contributed by atoms with Crippen molar-refractivity contribution in [2.75, 3.05) is 18.9 Å². The van der Waals surface area contributed by atoms with Gasteiger partial charge >= 0.3 is 5.69 Å². The van der Waals surface area contributed by atoms with Crippen LogP contribution in [0.1, 0.15) is 12.8 Å². The van der Waals surface area contributed by atoms with Gasteiger partial charge in [-0.15, -0.1) is 0 Å². The highest BCUT2D eigenvalue weighted by Gasteiger charge is 2.31. The summed E-state index contributed by atoms with van der Waals surface area (Å²) in [6, 6.07) is 1.58. The van der Waals surface area contributed by atoms with Crippen LogP contribution >= 0.6 is 0 Å². The Balaban J connectivity index is 2.18. The van der Waals surface area contributed by atoms with Gasteiger partial charge in [-0.25, -0.2) is 4.79 Å². The normalized spacial score (nSPS) is 22.5. The molecule has 0 aromatic carbocycles. The topological polar surface area (TPSA) is 90.4 Å². The summed E-state index contributed by atoms with van der Waals surface area (Å²) in [5.74, 6) is 0.212. The van der Waals surface area contributed by atoms with Crippen LogP contribution in [0.4, 0.5) is 5.82 Å². The third-order valence-corrected chi connectivity index (χ3v) is 2.97. The maximum Gasteiger partial charge on any atom is 0.349 e. The molecule has 1 heterocycles. The average molecular weight is 251 g/mol. The molecule has 0 spiro atoms. The van der Waals surface area contributed by atoms with Crippen molar-refractivity contribution in [3.05, 3.63) is 34.9 Å². The zero-order chi connectivity index (χ0) is 13.0. The van der Waals surface area contributed by atoms with Gasteiger partial charge < -0.3 is 15.6 Å². The lowest BCUT2D eigenvalue weighted by Crippen LogP contribution is -2.38. The first-order valence-electron chi connectivity index (χ1n) is 5.91. The van der Waals surface area contributed by atoms with Crippen molar-refractivity contribution in [2.45, 2.75) is 25.0 Å². The van der Waals surface area contributed by atoms with Gasteiger partial charge in [-0.3, -0.25) is 4.57 Å². The molecule has 1 atom stereocenters. The van der Waals surface area contributed by atoms with Crippen molar-refractivity contribution in [2.24, 2.45) is 0 Å². The van der Waals surface area contributed by atoms with Crippen molar-refractivity contribution >= 4 is 5.82 Å². The van der Waals surface area contributed by atoms with Gasteiger partial charge in [0, 0.05) is 6.20 Å². The third-order valence-electron chi connectivity index (χ3n) is 2.97. The molecule has 0 saturated heterocycles. The van der Waals surface area contributed by atoms with E-state index in [0.717, 1.165) is 12.8 Å². The quantitative estimate of drug-likeness (QED) is 0.714. The predicted molar refractivity (Wildman–Crippen MR) is 67.1 cm³/mol. The van der Waals surface area contributed by atoms with E-state index in [1.807, 2.05) is 12.2 Å². The van der Waals surface area contributed by atoms with Crippen molar-refractivity contribution in [1.29, 1.82) is 0 Å². The minimum absolute atomic E-state index is 0.0372. The van der Waals surface area contributed by atoms with Gasteiger partial charge in [-0.1, -0.05) is 12.2 Å². The molecule has 1 unspecified atom stereocenters. The molecule has 18 heavy (non-hydrogen) atoms. The van der Waals surface area contributed by atoms with Gasteiger partial charge in [0.2, 0.25) is 0 Å². The monoisotopic (exact) mass is 251 g/mol. The molecule has 2 rings (SSSR count). The van der Waals surface area contributed by atoms with Crippen LogP contribution in [0.2, 0.25) is 0 Å². The first kappa shape index (κ1) is 12.8. The molecule has 0 fully saturated rings. The number of nitrogens with zero attached hydrogens (tertiary/aromatic N) is 2. The lowest BCUT2D eigenvalue weighted by Gasteiger charge is -2.28. The third kappa shape index (κ3) is 2.77. The van der Waals surface area contributed by atoms with Gasteiger partial charge in [-0.05, 0) is 18.9 Å². The summed E-state index contributed by atoms with van der Waals surface area (Å²) in [5, 5.41) is 8.85. The van der Waals surface area contributed by atoms with Gasteiger partial charge in [-0.2, -0.15) is 4.98 Å². The largest absolute Gasteiger partial charge is 0.394 e. The second-order valence-corrected chi connectivity index (χ2v) is 4.34. The van der Waals surface area contributed by atoms with Crippen LogP contribution in [0.5, 0.6) is 0 Å². The second-order valence-electron chi connectivity index (χ2n) is 4.34. The van der Waals surface area contributed by atoms with Crippen molar-refractivity contribution in [3.63, 3.8) is 0 Å². The van der Waals surface area contributed by atoms with E-state index < -0.39 is 5.60 Å². The number of nitrogens with two attached hydrogens (primary N) is 1. The summed E-state index contributed by atoms with van der Waals surface area (Å²) in [4.78, 5) is 15.4. The van der Waals surface area contributed by atoms with Crippen LogP contribution in [0.15, 0.2) is 29.2 Å². The fraction of sp³-hybridized carbons (Fsp3) is 0.500. The average Bonchev–Trinajstić information content (AvgIpc) is 2.80. The van der Waals surface area contributed by atoms with Gasteiger partial charge in [0.1, 0.15) is 11.4 Å². The number of aliphatic hydroxyl groups is 1. The Bertz CT molecular complexity index is 498. The summed E-state index contributed by atoms with van der Waals surface area (Å²) in [6.45, 7) is 0.599. The lowest BCUT2D eigenvalue weighted by molar-refractivity contribution is -0.0358. The summed E-state index contributed by atoms with van der Waals surface area (Å²) >= 11 is 0. The molecule has 1 aromatic rings. The number of ether oxygens (including phenoxy) is 1. The number of rotatable bonds is 5. The van der Waals surface area contributed by atoms with Crippen molar-refractivity contribution in [1.82, 2.24) is 9.55 Å². The van der Waals surface area contributed by atoms with E-state index in [1.165, 1.54) is 4.57 Å². The minimum atomic E-state index is -0.523. The highest BCUT2D eigenvalue weighted by Crippen LogP contribution is 2.28. The van der Waals surface area contributed by atoms with Crippen LogP contribution in [0.3, 0.4) is 0 Å². The molecule has 3 N–H and O–H groups in total. The Morgan fingerprint density at radius 2 is 2.44 bits per heavy atom. The fourth-order valence-electron chi connectivity index (χ4n) is 2.11. The van der Waals surface area contributed by atoms with E-state index in [9.17, 15) is 4.79 Å². The highest BCUT2D eigenvalue weighted by molar-refractivity contribution is 5.23. The van der Waals surface area contributed by atoms with Gasteiger partial charge in [0.15, 0.2) is 0 Å². The number of anilines is 1. The molecule has 0 radical (unpaired) electrons. The summed E-state index contributed by atoms with van der Waals surface area (Å²) in [6.07, 6.45) is 7.28. The van der Waals surface area contributed by atoms with Crippen LogP contribution in [0.25, 0.3) is 0 Å². The zero-order valence-electron chi connectivity index (χ0n) is 10.1. The molecular formula is C12H17N3O3. The Kier molecular flexibility index (Phi) is 3.78. The van der Waals surface area contributed by atoms with Crippen LogP contribution in [-0.2, 0) is 11.3 Å². The standard InChI is InChI=1S/C12H17N3O3/c13-10-3-6-15(11(17)14-10)9-12(18-8-7-16)4-1-2-5-12/h1,3-4,6,16H,2,5,7-9H2,(H2,13,14,17). The molecule has 1 aromatic heterocycles. The van der Waals surface area contributed by atoms with Crippen LogP contribution < -0.4 is 11.4 Å². The Hall–Kier alpha value is -1.66. The van der Waals surface area contributed by atoms with Crippen LogP contribution in [0, 0.1) is 0 Å². The summed E-state index contributed by atoms with van der Waals surface area (Å²) in [5.41, 5.74) is 4.54. The van der Waals surface area contributed by atoms with E-state index in [-0.39, 0.29) is 24.7 Å². The lowest BCUT2D eigenvalue weighted by atomic mass is 10.0. The highest BCUT2D eigenvalue weighted by atomic mass is 16.5. The number of hydrogen-bond donors (Lipinski definition) is 2. The number of hydrogen-bond acceptors (Lipinski definition) is 5. The molecule has 0 saturated carbocycles. The van der Waals surface area contributed by atoms with Gasteiger partial charge in [0.05, 0.1) is 19.8 Å². The van der Waals surface area contributed by atoms with E-state index in [4.69, 9.17) is 15.6 Å². The number of allylic oxidation sites excluding steroid dienone is 1. The first-order chi connectivity index (χ1) is 8.65. The smallest absolute Gasteiger partial charge is 0.349 e. The van der Waals surface area contributed by atoms with E-state index >= 15 is 0 Å². The maximum atomic E-state index is 11.7. The minimum Gasteiger partial charge on any atom is -0.394 e. The molecule has 0 aliphatic heterocycles. The van der Waals surface area contributed by atoms with E-state index in [2.05, 4.69) is 4.98 Å².